The average Bonchev–Trinajstić information content (AvgIpc) is 3.05. The van der Waals surface area contributed by atoms with Crippen molar-refractivity contribution >= 4 is 11.6 Å². The van der Waals surface area contributed by atoms with E-state index in [0.29, 0.717) is 13.1 Å². The van der Waals surface area contributed by atoms with E-state index < -0.39 is 4.92 Å². The van der Waals surface area contributed by atoms with E-state index in [9.17, 15) is 14.9 Å². The molecule has 0 saturated carbocycles. The molecule has 2 heterocycles. The zero-order chi connectivity index (χ0) is 19.4. The Morgan fingerprint density at radius 1 is 1.30 bits per heavy atom. The van der Waals surface area contributed by atoms with Crippen LogP contribution in [0.5, 0.6) is 5.88 Å². The van der Waals surface area contributed by atoms with Crippen LogP contribution in [0.3, 0.4) is 0 Å². The number of methoxy groups -OCH3 is 1. The summed E-state index contributed by atoms with van der Waals surface area (Å²) < 4.78 is 6.15. The Hall–Kier alpha value is -2.94. The van der Waals surface area contributed by atoms with Crippen LogP contribution in [-0.4, -0.2) is 63.7 Å². The fourth-order valence-electron chi connectivity index (χ4n) is 3.21. The summed E-state index contributed by atoms with van der Waals surface area (Å²) in [4.78, 5) is 27.0. The SMILES string of the molecule is COc1nn(CC(=O)N2CCN(Cc3cccc(C)c3)CC2)cc1[N+](=O)[O-]. The van der Waals surface area contributed by atoms with E-state index in [4.69, 9.17) is 4.74 Å². The molecule has 0 atom stereocenters. The maximum Gasteiger partial charge on any atom is 0.350 e. The van der Waals surface area contributed by atoms with Crippen molar-refractivity contribution < 1.29 is 14.5 Å². The number of aryl methyl sites for hydroxylation is 1. The fraction of sp³-hybridized carbons (Fsp3) is 0.444. The molecule has 0 N–H and O–H groups in total. The number of nitro groups is 1. The van der Waals surface area contributed by atoms with Gasteiger partial charge in [-0.15, -0.1) is 5.10 Å². The van der Waals surface area contributed by atoms with Crippen LogP contribution in [0.2, 0.25) is 0 Å². The molecular formula is C18H23N5O4. The Kier molecular flexibility index (Phi) is 5.70. The Bertz CT molecular complexity index is 827. The quantitative estimate of drug-likeness (QED) is 0.562. The first-order valence-corrected chi connectivity index (χ1v) is 8.78. The molecule has 1 aliphatic rings. The minimum absolute atomic E-state index is 0.0396. The van der Waals surface area contributed by atoms with Crippen LogP contribution in [0.25, 0.3) is 0 Å². The van der Waals surface area contributed by atoms with E-state index in [1.807, 2.05) is 0 Å². The van der Waals surface area contributed by atoms with Crippen LogP contribution >= 0.6 is 0 Å². The standard InChI is InChI=1S/C18H23N5O4/c1-14-4-3-5-15(10-14)11-20-6-8-21(9-7-20)17(24)13-22-12-16(23(25)26)18(19-22)27-2/h3-5,10,12H,6-9,11,13H2,1-2H3. The van der Waals surface area contributed by atoms with Crippen molar-refractivity contribution in [3.8, 4) is 5.88 Å². The molecule has 1 fully saturated rings. The molecule has 1 aromatic heterocycles. The molecule has 2 aromatic rings. The van der Waals surface area contributed by atoms with E-state index in [1.54, 1.807) is 4.90 Å². The van der Waals surface area contributed by atoms with Gasteiger partial charge in [0, 0.05) is 32.7 Å². The normalized spacial score (nSPS) is 15.0. The summed E-state index contributed by atoms with van der Waals surface area (Å²) >= 11 is 0. The number of hydrogen-bond donors (Lipinski definition) is 0. The first kappa shape index (κ1) is 18.8. The molecule has 1 aliphatic heterocycles. The predicted molar refractivity (Wildman–Crippen MR) is 98.5 cm³/mol. The molecular weight excluding hydrogens is 350 g/mol. The van der Waals surface area contributed by atoms with Gasteiger partial charge in [-0.3, -0.25) is 24.5 Å². The number of hydrogen-bond acceptors (Lipinski definition) is 6. The molecule has 144 valence electrons. The van der Waals surface area contributed by atoms with Gasteiger partial charge >= 0.3 is 11.6 Å². The first-order chi connectivity index (χ1) is 13.0. The number of aromatic nitrogens is 2. The van der Waals surface area contributed by atoms with Gasteiger partial charge in [-0.2, -0.15) is 0 Å². The molecule has 1 saturated heterocycles. The van der Waals surface area contributed by atoms with Crippen LogP contribution in [0.1, 0.15) is 11.1 Å². The van der Waals surface area contributed by atoms with Crippen molar-refractivity contribution in [2.75, 3.05) is 33.3 Å². The highest BCUT2D eigenvalue weighted by molar-refractivity contribution is 5.76. The van der Waals surface area contributed by atoms with Gasteiger partial charge in [0.1, 0.15) is 12.7 Å². The fourth-order valence-corrected chi connectivity index (χ4v) is 3.21. The van der Waals surface area contributed by atoms with Crippen molar-refractivity contribution in [2.24, 2.45) is 0 Å². The molecule has 0 unspecified atom stereocenters. The van der Waals surface area contributed by atoms with Gasteiger partial charge in [0.2, 0.25) is 5.91 Å². The third-order valence-electron chi connectivity index (χ3n) is 4.61. The van der Waals surface area contributed by atoms with Gasteiger partial charge in [-0.25, -0.2) is 0 Å². The summed E-state index contributed by atoms with van der Waals surface area (Å²) in [5.74, 6) is -0.193. The van der Waals surface area contributed by atoms with E-state index in [-0.39, 0.29) is 24.0 Å². The summed E-state index contributed by atoms with van der Waals surface area (Å²) in [6, 6.07) is 8.43. The van der Waals surface area contributed by atoms with Gasteiger partial charge in [0.15, 0.2) is 0 Å². The maximum atomic E-state index is 12.5. The average molecular weight is 373 g/mol. The molecule has 0 bridgehead atoms. The van der Waals surface area contributed by atoms with Gasteiger partial charge in [0.25, 0.3) is 0 Å². The van der Waals surface area contributed by atoms with Crippen LogP contribution < -0.4 is 4.74 Å². The number of nitrogens with zero attached hydrogens (tertiary/aromatic N) is 5. The highest BCUT2D eigenvalue weighted by atomic mass is 16.6. The Morgan fingerprint density at radius 3 is 2.63 bits per heavy atom. The second kappa shape index (κ2) is 8.17. The van der Waals surface area contributed by atoms with Gasteiger partial charge in [0.05, 0.1) is 12.0 Å². The van der Waals surface area contributed by atoms with Crippen molar-refractivity contribution in [1.82, 2.24) is 19.6 Å². The second-order valence-corrected chi connectivity index (χ2v) is 6.62. The summed E-state index contributed by atoms with van der Waals surface area (Å²) in [5, 5.41) is 14.9. The van der Waals surface area contributed by atoms with Crippen LogP contribution in [-0.2, 0) is 17.9 Å². The molecule has 27 heavy (non-hydrogen) atoms. The minimum atomic E-state index is -0.573. The number of carbonyl (C=O) groups excluding carboxylic acids is 1. The highest BCUT2D eigenvalue weighted by Gasteiger charge is 2.24. The van der Waals surface area contributed by atoms with E-state index in [2.05, 4.69) is 41.2 Å². The monoisotopic (exact) mass is 373 g/mol. The summed E-state index contributed by atoms with van der Waals surface area (Å²) in [5.41, 5.74) is 2.27. The second-order valence-electron chi connectivity index (χ2n) is 6.62. The topological polar surface area (TPSA) is 93.7 Å². The third-order valence-corrected chi connectivity index (χ3v) is 4.61. The zero-order valence-corrected chi connectivity index (χ0v) is 15.5. The lowest BCUT2D eigenvalue weighted by atomic mass is 10.1. The third kappa shape index (κ3) is 4.62. The van der Waals surface area contributed by atoms with Crippen molar-refractivity contribution in [3.63, 3.8) is 0 Å². The van der Waals surface area contributed by atoms with Gasteiger partial charge in [-0.05, 0) is 12.5 Å². The van der Waals surface area contributed by atoms with Crippen molar-refractivity contribution in [2.45, 2.75) is 20.0 Å². The summed E-state index contributed by atoms with van der Waals surface area (Å²) in [6.45, 7) is 5.75. The Morgan fingerprint density at radius 2 is 2.04 bits per heavy atom. The number of carbonyl (C=O) groups is 1. The summed E-state index contributed by atoms with van der Waals surface area (Å²) in [7, 11) is 1.31. The zero-order valence-electron chi connectivity index (χ0n) is 15.5. The highest BCUT2D eigenvalue weighted by Crippen LogP contribution is 2.24. The Labute approximate surface area is 157 Å². The molecule has 1 amide bonds. The molecule has 1 aromatic carbocycles. The molecule has 3 rings (SSSR count). The van der Waals surface area contributed by atoms with Crippen molar-refractivity contribution in [3.05, 3.63) is 51.7 Å². The van der Waals surface area contributed by atoms with Crippen LogP contribution in [0, 0.1) is 17.0 Å². The smallest absolute Gasteiger partial charge is 0.350 e. The maximum absolute atomic E-state index is 12.5. The van der Waals surface area contributed by atoms with Crippen molar-refractivity contribution in [1.29, 1.82) is 0 Å². The molecule has 0 spiro atoms. The molecule has 9 heteroatoms. The molecule has 9 nitrogen and oxygen atoms in total. The minimum Gasteiger partial charge on any atom is -0.475 e. The van der Waals surface area contributed by atoms with Crippen LogP contribution in [0.4, 0.5) is 5.69 Å². The number of benzene rings is 1. The van der Waals surface area contributed by atoms with E-state index in [0.717, 1.165) is 19.6 Å². The number of piperazine rings is 1. The van der Waals surface area contributed by atoms with E-state index in [1.165, 1.54) is 29.1 Å². The van der Waals surface area contributed by atoms with Gasteiger partial charge in [-0.1, -0.05) is 29.8 Å². The van der Waals surface area contributed by atoms with E-state index >= 15 is 0 Å². The number of rotatable bonds is 6. The molecule has 0 aliphatic carbocycles. The largest absolute Gasteiger partial charge is 0.475 e. The predicted octanol–water partition coefficient (Wildman–Crippen LogP) is 1.45. The molecule has 0 radical (unpaired) electrons. The first-order valence-electron chi connectivity index (χ1n) is 8.78. The lowest BCUT2D eigenvalue weighted by Crippen LogP contribution is -2.49. The number of ether oxygens (including phenoxy) is 1. The Balaban J connectivity index is 1.53. The summed E-state index contributed by atoms with van der Waals surface area (Å²) in [6.07, 6.45) is 1.23. The number of amides is 1. The van der Waals surface area contributed by atoms with Gasteiger partial charge < -0.3 is 9.64 Å². The van der Waals surface area contributed by atoms with Crippen LogP contribution in [0.15, 0.2) is 30.5 Å². The lowest BCUT2D eigenvalue weighted by molar-refractivity contribution is -0.385. The lowest BCUT2D eigenvalue weighted by Gasteiger charge is -2.34.